The second-order valence-electron chi connectivity index (χ2n) is 8.90. The zero-order chi connectivity index (χ0) is 27.4. The van der Waals surface area contributed by atoms with Gasteiger partial charge in [0.05, 0.1) is 47.1 Å². The number of methoxy groups -OCH3 is 2. The van der Waals surface area contributed by atoms with E-state index in [0.717, 1.165) is 51.7 Å². The molecular weight excluding hydrogens is 547 g/mol. The Morgan fingerprint density at radius 1 is 1.13 bits per heavy atom. The zero-order valence-electron chi connectivity index (χ0n) is 21.6. The number of thiophene rings is 1. The van der Waals surface area contributed by atoms with Gasteiger partial charge >= 0.3 is 11.9 Å². The first-order valence-corrected chi connectivity index (χ1v) is 14.9. The van der Waals surface area contributed by atoms with E-state index in [0.29, 0.717) is 33.4 Å². The van der Waals surface area contributed by atoms with Gasteiger partial charge in [-0.3, -0.25) is 9.59 Å². The number of nitrogens with one attached hydrogen (secondary N) is 1. The van der Waals surface area contributed by atoms with E-state index >= 15 is 0 Å². The summed E-state index contributed by atoms with van der Waals surface area (Å²) in [4.78, 5) is 55.5. The first-order valence-electron chi connectivity index (χ1n) is 12.1. The van der Waals surface area contributed by atoms with Crippen molar-refractivity contribution in [2.45, 2.75) is 39.7 Å². The highest BCUT2D eigenvalue weighted by atomic mass is 32.2. The highest BCUT2D eigenvalue weighted by molar-refractivity contribution is 8.00. The average Bonchev–Trinajstić information content (AvgIpc) is 3.43. The van der Waals surface area contributed by atoms with E-state index in [2.05, 4.69) is 17.2 Å². The van der Waals surface area contributed by atoms with Gasteiger partial charge in [0.1, 0.15) is 5.00 Å². The van der Waals surface area contributed by atoms with Crippen LogP contribution < -0.4 is 10.1 Å². The monoisotopic (exact) mass is 575 g/mol. The van der Waals surface area contributed by atoms with E-state index < -0.39 is 11.9 Å². The van der Waals surface area contributed by atoms with Crippen LogP contribution >= 0.6 is 34.4 Å². The number of hydrogen-bond donors (Lipinski definition) is 1. The highest BCUT2D eigenvalue weighted by Crippen LogP contribution is 2.40. The van der Waals surface area contributed by atoms with E-state index in [1.165, 1.54) is 36.9 Å². The van der Waals surface area contributed by atoms with Crippen molar-refractivity contribution in [1.29, 1.82) is 0 Å². The number of nitrogens with zero attached hydrogens (tertiary/aromatic N) is 2. The van der Waals surface area contributed by atoms with Gasteiger partial charge in [0.25, 0.3) is 5.91 Å². The van der Waals surface area contributed by atoms with E-state index in [1.807, 2.05) is 17.6 Å². The van der Waals surface area contributed by atoms with Gasteiger partial charge in [-0.1, -0.05) is 18.3 Å². The number of carbonyl (C=O) groups is 4. The summed E-state index contributed by atoms with van der Waals surface area (Å²) in [5.74, 6) is -0.919. The third-order valence-electron chi connectivity index (χ3n) is 6.25. The number of thioether (sulfide) groups is 1. The van der Waals surface area contributed by atoms with Gasteiger partial charge in [-0.25, -0.2) is 9.59 Å². The number of esters is 2. The van der Waals surface area contributed by atoms with Crippen molar-refractivity contribution in [3.05, 3.63) is 44.6 Å². The van der Waals surface area contributed by atoms with Gasteiger partial charge in [0.2, 0.25) is 5.91 Å². The van der Waals surface area contributed by atoms with Crippen LogP contribution in [0, 0.1) is 5.92 Å². The molecule has 202 valence electrons. The Hall–Kier alpha value is -2.96. The highest BCUT2D eigenvalue weighted by Gasteiger charge is 2.28. The molecule has 38 heavy (non-hydrogen) atoms. The Labute approximate surface area is 232 Å². The number of ether oxygens (including phenoxy) is 2. The van der Waals surface area contributed by atoms with Crippen LogP contribution in [0.15, 0.2) is 23.2 Å². The van der Waals surface area contributed by atoms with Crippen molar-refractivity contribution >= 4 is 73.4 Å². The van der Waals surface area contributed by atoms with Crippen LogP contribution in [0.2, 0.25) is 0 Å². The van der Waals surface area contributed by atoms with Crippen molar-refractivity contribution in [2.75, 3.05) is 31.0 Å². The molecular formula is C26H29N3O6S3. The molecule has 1 atom stereocenters. The fourth-order valence-corrected chi connectivity index (χ4v) is 7.56. The average molecular weight is 576 g/mol. The second kappa shape index (κ2) is 12.3. The maximum atomic E-state index is 12.7. The quantitative estimate of drug-likeness (QED) is 0.399. The minimum Gasteiger partial charge on any atom is -0.465 e. The van der Waals surface area contributed by atoms with Gasteiger partial charge in [-0.15, -0.1) is 23.1 Å². The molecule has 1 aromatic carbocycles. The molecule has 0 aliphatic heterocycles. The molecule has 0 saturated heterocycles. The van der Waals surface area contributed by atoms with E-state index in [-0.39, 0.29) is 23.3 Å². The predicted molar refractivity (Wildman–Crippen MR) is 150 cm³/mol. The third kappa shape index (κ3) is 6.02. The molecule has 12 heteroatoms. The molecule has 0 spiro atoms. The summed E-state index contributed by atoms with van der Waals surface area (Å²) in [6, 6.07) is 5.23. The first-order chi connectivity index (χ1) is 18.2. The Morgan fingerprint density at radius 3 is 2.61 bits per heavy atom. The SMILES string of the molecule is CCn1c(=NC(=O)CSCC(=O)Nc2sc3c(c2C(=O)OC)CCC(C)C3)sc2cc(C(=O)OC)ccc21. The summed E-state index contributed by atoms with van der Waals surface area (Å²) in [6.45, 7) is 4.73. The fourth-order valence-electron chi connectivity index (χ4n) is 4.40. The summed E-state index contributed by atoms with van der Waals surface area (Å²) in [6.07, 6.45) is 2.66. The number of aromatic nitrogens is 1. The topological polar surface area (TPSA) is 116 Å². The van der Waals surface area contributed by atoms with Crippen LogP contribution in [0.25, 0.3) is 10.2 Å². The van der Waals surface area contributed by atoms with E-state index in [4.69, 9.17) is 9.47 Å². The molecule has 1 aliphatic carbocycles. The minimum atomic E-state index is -0.444. The normalized spacial score (nSPS) is 15.3. The number of thiazole rings is 1. The lowest BCUT2D eigenvalue weighted by molar-refractivity contribution is -0.115. The lowest BCUT2D eigenvalue weighted by Gasteiger charge is -2.18. The van der Waals surface area contributed by atoms with Gasteiger partial charge < -0.3 is 19.4 Å². The van der Waals surface area contributed by atoms with Gasteiger partial charge in [-0.2, -0.15) is 4.99 Å². The van der Waals surface area contributed by atoms with Crippen molar-refractivity contribution in [2.24, 2.45) is 10.9 Å². The number of carbonyl (C=O) groups excluding carboxylic acids is 4. The summed E-state index contributed by atoms with van der Waals surface area (Å²) in [7, 11) is 2.67. The largest absolute Gasteiger partial charge is 0.465 e. The Kier molecular flexibility index (Phi) is 9.06. The Balaban J connectivity index is 1.41. The maximum absolute atomic E-state index is 12.7. The van der Waals surface area contributed by atoms with Crippen LogP contribution in [0.3, 0.4) is 0 Å². The molecule has 0 saturated carbocycles. The van der Waals surface area contributed by atoms with Crippen LogP contribution in [-0.2, 0) is 38.4 Å². The molecule has 2 aromatic heterocycles. The van der Waals surface area contributed by atoms with Crippen molar-refractivity contribution in [3.8, 4) is 0 Å². The van der Waals surface area contributed by atoms with Crippen LogP contribution in [0.4, 0.5) is 5.00 Å². The van der Waals surface area contributed by atoms with Crippen molar-refractivity contribution in [1.82, 2.24) is 4.57 Å². The standard InChI is InChI=1S/C26H29N3O6S3/c1-5-29-17-9-7-15(24(32)34-3)11-19(17)38-26(29)28-21(31)13-36-12-20(30)27-23-22(25(33)35-4)16-8-6-14(2)10-18(16)37-23/h7,9,11,14H,5-6,8,10,12-13H2,1-4H3,(H,27,30). The number of amides is 2. The molecule has 0 radical (unpaired) electrons. The maximum Gasteiger partial charge on any atom is 0.341 e. The van der Waals surface area contributed by atoms with Crippen molar-refractivity contribution < 1.29 is 28.7 Å². The number of fused-ring (bicyclic) bond motifs is 2. The molecule has 0 bridgehead atoms. The molecule has 2 amide bonds. The summed E-state index contributed by atoms with van der Waals surface area (Å²) in [5, 5.41) is 3.36. The molecule has 0 fully saturated rings. The van der Waals surface area contributed by atoms with E-state index in [1.54, 1.807) is 12.1 Å². The molecule has 1 N–H and O–H groups in total. The summed E-state index contributed by atoms with van der Waals surface area (Å²) in [5.41, 5.74) is 2.73. The molecule has 2 heterocycles. The second-order valence-corrected chi connectivity index (χ2v) is 12.0. The fraction of sp³-hybridized carbons (Fsp3) is 0.423. The third-order valence-corrected chi connectivity index (χ3v) is 9.38. The van der Waals surface area contributed by atoms with Gasteiger partial charge in [-0.05, 0) is 55.9 Å². The van der Waals surface area contributed by atoms with Crippen molar-refractivity contribution in [3.63, 3.8) is 0 Å². The van der Waals surface area contributed by atoms with Crippen LogP contribution in [0.1, 0.15) is 51.4 Å². The summed E-state index contributed by atoms with van der Waals surface area (Å²) < 4.78 is 12.5. The summed E-state index contributed by atoms with van der Waals surface area (Å²) >= 11 is 3.91. The number of anilines is 1. The van der Waals surface area contributed by atoms with Gasteiger partial charge in [0, 0.05) is 11.4 Å². The smallest absolute Gasteiger partial charge is 0.341 e. The van der Waals surface area contributed by atoms with Crippen LogP contribution in [0.5, 0.6) is 0 Å². The number of rotatable bonds is 8. The molecule has 9 nitrogen and oxygen atoms in total. The van der Waals surface area contributed by atoms with E-state index in [9.17, 15) is 19.2 Å². The number of hydrogen-bond acceptors (Lipinski definition) is 9. The molecule has 3 aromatic rings. The minimum absolute atomic E-state index is 0.0289. The van der Waals surface area contributed by atoms with Gasteiger partial charge in [0.15, 0.2) is 4.80 Å². The number of aryl methyl sites for hydroxylation is 1. The molecule has 1 aliphatic rings. The van der Waals surface area contributed by atoms with Crippen LogP contribution in [-0.4, -0.2) is 54.0 Å². The Bertz CT molecular complexity index is 1470. The molecule has 1 unspecified atom stereocenters. The zero-order valence-corrected chi connectivity index (χ0v) is 24.1. The first kappa shape index (κ1) is 28.1. The lowest BCUT2D eigenvalue weighted by Crippen LogP contribution is -2.19. The number of benzene rings is 1. The lowest BCUT2D eigenvalue weighted by atomic mass is 9.88. The molecule has 4 rings (SSSR count). The predicted octanol–water partition coefficient (Wildman–Crippen LogP) is 4.28. The Morgan fingerprint density at radius 2 is 1.89 bits per heavy atom.